The van der Waals surface area contributed by atoms with Crippen molar-refractivity contribution in [1.29, 1.82) is 0 Å². The van der Waals surface area contributed by atoms with Gasteiger partial charge in [0.05, 0.1) is 17.6 Å². The van der Waals surface area contributed by atoms with Crippen LogP contribution in [0.3, 0.4) is 0 Å². The lowest BCUT2D eigenvalue weighted by atomic mass is 10.0. The molecule has 156 valence electrons. The number of aromatic nitrogens is 3. The van der Waals surface area contributed by atoms with Crippen LogP contribution in [-0.4, -0.2) is 52.3 Å². The number of likely N-dealkylation sites (tertiary alicyclic amines) is 1. The van der Waals surface area contributed by atoms with Gasteiger partial charge in [-0.3, -0.25) is 9.47 Å². The van der Waals surface area contributed by atoms with Crippen LogP contribution in [0.5, 0.6) is 0 Å². The molecular formula is C24H29N5O. The SMILES string of the molecule is COCCN1CCC[C@@H]1Cc1c[nH]c2ccc(-n3cnc4cc(CN)ccc43)cc12. The third-order valence-corrected chi connectivity index (χ3v) is 6.41. The summed E-state index contributed by atoms with van der Waals surface area (Å²) in [5, 5.41) is 1.30. The largest absolute Gasteiger partial charge is 0.383 e. The van der Waals surface area contributed by atoms with Crippen molar-refractivity contribution in [3.8, 4) is 5.69 Å². The van der Waals surface area contributed by atoms with E-state index in [1.165, 1.54) is 35.9 Å². The van der Waals surface area contributed by atoms with Crippen molar-refractivity contribution >= 4 is 21.9 Å². The maximum atomic E-state index is 5.78. The molecule has 3 N–H and O–H groups in total. The van der Waals surface area contributed by atoms with Crippen LogP contribution in [0.25, 0.3) is 27.6 Å². The van der Waals surface area contributed by atoms with Gasteiger partial charge >= 0.3 is 0 Å². The molecule has 5 rings (SSSR count). The smallest absolute Gasteiger partial charge is 0.100 e. The number of aromatic amines is 1. The van der Waals surface area contributed by atoms with Crippen LogP contribution in [0, 0.1) is 0 Å². The number of H-pyrrole nitrogens is 1. The number of methoxy groups -OCH3 is 1. The molecule has 6 heteroatoms. The molecule has 2 aromatic carbocycles. The summed E-state index contributed by atoms with van der Waals surface area (Å²) in [5.41, 5.74) is 12.7. The van der Waals surface area contributed by atoms with Crippen LogP contribution in [0.1, 0.15) is 24.0 Å². The minimum Gasteiger partial charge on any atom is -0.383 e. The Labute approximate surface area is 176 Å². The van der Waals surface area contributed by atoms with Crippen molar-refractivity contribution in [3.05, 3.63) is 60.0 Å². The van der Waals surface area contributed by atoms with Gasteiger partial charge in [-0.2, -0.15) is 0 Å². The molecule has 30 heavy (non-hydrogen) atoms. The zero-order chi connectivity index (χ0) is 20.5. The molecule has 6 nitrogen and oxygen atoms in total. The number of benzene rings is 2. The van der Waals surface area contributed by atoms with Crippen LogP contribution in [0.15, 0.2) is 48.9 Å². The Kier molecular flexibility index (Phi) is 5.29. The molecule has 2 aromatic heterocycles. The summed E-state index contributed by atoms with van der Waals surface area (Å²) in [5.74, 6) is 0. The van der Waals surface area contributed by atoms with Gasteiger partial charge in [-0.25, -0.2) is 4.98 Å². The summed E-state index contributed by atoms with van der Waals surface area (Å²) in [6.45, 7) is 3.52. The molecule has 1 atom stereocenters. The summed E-state index contributed by atoms with van der Waals surface area (Å²) in [7, 11) is 1.78. The zero-order valence-electron chi connectivity index (χ0n) is 17.5. The third-order valence-electron chi connectivity index (χ3n) is 6.41. The maximum Gasteiger partial charge on any atom is 0.100 e. The molecule has 1 aliphatic rings. The second-order valence-corrected chi connectivity index (χ2v) is 8.21. The van der Waals surface area contributed by atoms with Crippen LogP contribution in [-0.2, 0) is 17.7 Å². The van der Waals surface area contributed by atoms with Crippen LogP contribution in [0.4, 0.5) is 0 Å². The van der Waals surface area contributed by atoms with Crippen molar-refractivity contribution in [2.75, 3.05) is 26.8 Å². The molecule has 0 aliphatic carbocycles. The number of fused-ring (bicyclic) bond motifs is 2. The van der Waals surface area contributed by atoms with Crippen molar-refractivity contribution in [2.24, 2.45) is 5.73 Å². The summed E-state index contributed by atoms with van der Waals surface area (Å²) >= 11 is 0. The fourth-order valence-electron chi connectivity index (χ4n) is 4.76. The highest BCUT2D eigenvalue weighted by Gasteiger charge is 2.25. The average Bonchev–Trinajstić information content (AvgIpc) is 3.50. The molecule has 0 amide bonds. The molecular weight excluding hydrogens is 374 g/mol. The molecule has 1 saturated heterocycles. The predicted octanol–water partition coefficient (Wildman–Crippen LogP) is 3.62. The Morgan fingerprint density at radius 2 is 2.17 bits per heavy atom. The summed E-state index contributed by atoms with van der Waals surface area (Å²) in [4.78, 5) is 10.6. The van der Waals surface area contributed by atoms with E-state index in [0.717, 1.165) is 41.9 Å². The number of imidazole rings is 1. The molecule has 1 aliphatic heterocycles. The van der Waals surface area contributed by atoms with Gasteiger partial charge in [-0.05, 0) is 67.3 Å². The van der Waals surface area contributed by atoms with E-state index < -0.39 is 0 Å². The number of hydrogen-bond donors (Lipinski definition) is 2. The molecule has 1 fully saturated rings. The first-order valence-electron chi connectivity index (χ1n) is 10.8. The van der Waals surface area contributed by atoms with Gasteiger partial charge in [0.2, 0.25) is 0 Å². The van der Waals surface area contributed by atoms with E-state index in [4.69, 9.17) is 10.5 Å². The fraction of sp³-hybridized carbons (Fsp3) is 0.375. The van der Waals surface area contributed by atoms with E-state index in [2.05, 4.69) is 62.0 Å². The topological polar surface area (TPSA) is 72.1 Å². The number of nitrogens with zero attached hydrogens (tertiary/aromatic N) is 3. The highest BCUT2D eigenvalue weighted by atomic mass is 16.5. The number of rotatable bonds is 7. The maximum absolute atomic E-state index is 5.78. The summed E-state index contributed by atoms with van der Waals surface area (Å²) < 4.78 is 7.46. The Morgan fingerprint density at radius 3 is 3.03 bits per heavy atom. The first kappa shape index (κ1) is 19.3. The third kappa shape index (κ3) is 3.51. The van der Waals surface area contributed by atoms with Crippen molar-refractivity contribution < 1.29 is 4.74 Å². The second-order valence-electron chi connectivity index (χ2n) is 8.21. The Hall–Kier alpha value is -2.67. The van der Waals surface area contributed by atoms with Crippen molar-refractivity contribution in [1.82, 2.24) is 19.4 Å². The minimum atomic E-state index is 0.532. The van der Waals surface area contributed by atoms with Crippen LogP contribution < -0.4 is 5.73 Å². The lowest BCUT2D eigenvalue weighted by molar-refractivity contribution is 0.141. The van der Waals surface area contributed by atoms with E-state index in [9.17, 15) is 0 Å². The van der Waals surface area contributed by atoms with Gasteiger partial charge in [0.15, 0.2) is 0 Å². The van der Waals surface area contributed by atoms with Gasteiger partial charge in [0.1, 0.15) is 6.33 Å². The van der Waals surface area contributed by atoms with Gasteiger partial charge in [0.25, 0.3) is 0 Å². The quantitative estimate of drug-likeness (QED) is 0.494. The van der Waals surface area contributed by atoms with Gasteiger partial charge in [-0.1, -0.05) is 6.07 Å². The predicted molar refractivity (Wildman–Crippen MR) is 121 cm³/mol. The zero-order valence-corrected chi connectivity index (χ0v) is 17.5. The lowest BCUT2D eigenvalue weighted by Gasteiger charge is -2.23. The molecule has 0 unspecified atom stereocenters. The van der Waals surface area contributed by atoms with Crippen molar-refractivity contribution in [2.45, 2.75) is 31.8 Å². The fourth-order valence-corrected chi connectivity index (χ4v) is 4.76. The molecule has 0 radical (unpaired) electrons. The molecule has 0 spiro atoms. The number of nitrogens with one attached hydrogen (secondary N) is 1. The Morgan fingerprint density at radius 1 is 1.23 bits per heavy atom. The number of ether oxygens (including phenoxy) is 1. The lowest BCUT2D eigenvalue weighted by Crippen LogP contribution is -2.33. The highest BCUT2D eigenvalue weighted by molar-refractivity contribution is 5.86. The molecule has 0 bridgehead atoms. The summed E-state index contributed by atoms with van der Waals surface area (Å²) in [6, 6.07) is 13.5. The Bertz CT molecular complexity index is 1160. The van der Waals surface area contributed by atoms with E-state index >= 15 is 0 Å². The van der Waals surface area contributed by atoms with Gasteiger partial charge < -0.3 is 15.5 Å². The minimum absolute atomic E-state index is 0.532. The Balaban J connectivity index is 1.46. The van der Waals surface area contributed by atoms with Crippen LogP contribution in [0.2, 0.25) is 0 Å². The van der Waals surface area contributed by atoms with Gasteiger partial charge in [0, 0.05) is 49.0 Å². The summed E-state index contributed by atoms with van der Waals surface area (Å²) in [6.07, 6.45) is 7.68. The second kappa shape index (κ2) is 8.22. The highest BCUT2D eigenvalue weighted by Crippen LogP contribution is 2.28. The van der Waals surface area contributed by atoms with E-state index in [1.54, 1.807) is 7.11 Å². The molecule has 0 saturated carbocycles. The van der Waals surface area contributed by atoms with Crippen LogP contribution >= 0.6 is 0 Å². The molecule has 4 aromatic rings. The number of nitrogens with two attached hydrogens (primary N) is 1. The normalized spacial score (nSPS) is 17.5. The number of hydrogen-bond acceptors (Lipinski definition) is 4. The first-order valence-corrected chi connectivity index (χ1v) is 10.8. The first-order chi connectivity index (χ1) is 14.8. The molecule has 3 heterocycles. The standard InChI is InChI=1S/C24H29N5O/c1-30-10-9-28-8-2-3-19(28)12-18-15-26-22-6-5-20(13-21(18)22)29-16-27-23-11-17(14-25)4-7-24(23)29/h4-7,11,13,15-16,19,26H,2-3,8-10,12,14,25H2,1H3/t19-/m1/s1. The van der Waals surface area contributed by atoms with E-state index in [0.29, 0.717) is 12.6 Å². The van der Waals surface area contributed by atoms with Gasteiger partial charge in [-0.15, -0.1) is 0 Å². The van der Waals surface area contributed by atoms with E-state index in [1.807, 2.05) is 6.33 Å². The average molecular weight is 404 g/mol. The monoisotopic (exact) mass is 403 g/mol. The van der Waals surface area contributed by atoms with E-state index in [-0.39, 0.29) is 0 Å². The van der Waals surface area contributed by atoms with Crippen molar-refractivity contribution in [3.63, 3.8) is 0 Å².